The predicted molar refractivity (Wildman–Crippen MR) is 104 cm³/mol. The van der Waals surface area contributed by atoms with Crippen molar-refractivity contribution in [3.8, 4) is 0 Å². The summed E-state index contributed by atoms with van der Waals surface area (Å²) in [5.74, 6) is -0.804. The Balaban J connectivity index is 1.58. The zero-order valence-corrected chi connectivity index (χ0v) is 17.1. The van der Waals surface area contributed by atoms with Gasteiger partial charge in [-0.15, -0.1) is 0 Å². The van der Waals surface area contributed by atoms with Gasteiger partial charge in [0, 0.05) is 0 Å². The zero-order valence-electron chi connectivity index (χ0n) is 15.0. The minimum absolute atomic E-state index is 0.0382. The molecule has 0 saturated heterocycles. The summed E-state index contributed by atoms with van der Waals surface area (Å²) in [7, 11) is 0. The van der Waals surface area contributed by atoms with Gasteiger partial charge in [-0.3, -0.25) is 0 Å². The molecule has 0 atom stereocenters. The van der Waals surface area contributed by atoms with Crippen molar-refractivity contribution in [1.29, 1.82) is 0 Å². The lowest BCUT2D eigenvalue weighted by molar-refractivity contribution is 0.155. The maximum atomic E-state index is 14.2. The van der Waals surface area contributed by atoms with E-state index in [1.54, 1.807) is 22.6 Å². The average Bonchev–Trinajstić information content (AvgIpc) is 2.64. The quantitative estimate of drug-likeness (QED) is 0.245. The summed E-state index contributed by atoms with van der Waals surface area (Å²) in [4.78, 5) is 0. The van der Waals surface area contributed by atoms with E-state index in [-0.39, 0.29) is 9.49 Å². The fourth-order valence-electron chi connectivity index (χ4n) is 5.15. The molecule has 2 saturated carbocycles. The van der Waals surface area contributed by atoms with Crippen LogP contribution in [0.3, 0.4) is 0 Å². The highest BCUT2D eigenvalue weighted by atomic mass is 127. The molecule has 1 aromatic rings. The van der Waals surface area contributed by atoms with Crippen molar-refractivity contribution >= 4 is 22.6 Å². The summed E-state index contributed by atoms with van der Waals surface area (Å²) in [6.45, 7) is 2.27. The highest BCUT2D eigenvalue weighted by Crippen LogP contribution is 2.45. The normalized spacial score (nSPS) is 30.4. The first kappa shape index (κ1) is 19.5. The van der Waals surface area contributed by atoms with Crippen LogP contribution in [0.2, 0.25) is 0 Å². The zero-order chi connectivity index (χ0) is 18.0. The molecule has 2 fully saturated rings. The molecular formula is C21H28F3I. The molecule has 2 aliphatic carbocycles. The van der Waals surface area contributed by atoms with E-state index in [1.165, 1.54) is 44.6 Å². The van der Waals surface area contributed by atoms with Crippen molar-refractivity contribution in [2.75, 3.05) is 0 Å². The molecule has 1 aromatic carbocycles. The van der Waals surface area contributed by atoms with Gasteiger partial charge in [0.25, 0.3) is 0 Å². The summed E-state index contributed by atoms with van der Waals surface area (Å²) in [5, 5.41) is 0. The van der Waals surface area contributed by atoms with Gasteiger partial charge in [-0.2, -0.15) is 0 Å². The maximum Gasteiger partial charge on any atom is 0.195 e. The van der Waals surface area contributed by atoms with Gasteiger partial charge < -0.3 is 0 Å². The molecular weight excluding hydrogens is 436 g/mol. The fraction of sp³-hybridized carbons (Fsp3) is 0.714. The second-order valence-electron chi connectivity index (χ2n) is 8.07. The van der Waals surface area contributed by atoms with Gasteiger partial charge >= 0.3 is 0 Å². The highest BCUT2D eigenvalue weighted by Gasteiger charge is 2.32. The molecule has 0 aromatic heterocycles. The third-order valence-corrected chi connectivity index (χ3v) is 7.38. The van der Waals surface area contributed by atoms with E-state index in [0.717, 1.165) is 43.4 Å². The van der Waals surface area contributed by atoms with Crippen LogP contribution in [0, 0.1) is 38.8 Å². The fourth-order valence-corrected chi connectivity index (χ4v) is 5.72. The molecule has 140 valence electrons. The average molecular weight is 464 g/mol. The predicted octanol–water partition coefficient (Wildman–Crippen LogP) is 7.59. The molecule has 0 unspecified atom stereocenters. The van der Waals surface area contributed by atoms with Crippen LogP contribution in [0.15, 0.2) is 6.07 Å². The Kier molecular flexibility index (Phi) is 6.72. The number of hydrogen-bond acceptors (Lipinski definition) is 0. The van der Waals surface area contributed by atoms with Crippen LogP contribution in [0.1, 0.15) is 82.6 Å². The van der Waals surface area contributed by atoms with Crippen LogP contribution < -0.4 is 0 Å². The van der Waals surface area contributed by atoms with Crippen LogP contribution in [0.25, 0.3) is 0 Å². The van der Waals surface area contributed by atoms with E-state index in [2.05, 4.69) is 6.92 Å². The Hall–Kier alpha value is -0.260. The lowest BCUT2D eigenvalue weighted by Crippen LogP contribution is -2.25. The smallest absolute Gasteiger partial charge is 0.195 e. The summed E-state index contributed by atoms with van der Waals surface area (Å²) >= 11 is 1.75. The first-order chi connectivity index (χ1) is 12.0. The third-order valence-electron chi connectivity index (χ3n) is 6.60. The van der Waals surface area contributed by atoms with Gasteiger partial charge in [0.15, 0.2) is 17.5 Å². The molecule has 25 heavy (non-hydrogen) atoms. The van der Waals surface area contributed by atoms with Crippen LogP contribution in [-0.2, 0) is 0 Å². The molecule has 0 aliphatic heterocycles. The second kappa shape index (κ2) is 8.62. The summed E-state index contributed by atoms with van der Waals surface area (Å²) in [5.41, 5.74) is 0.383. The molecule has 0 bridgehead atoms. The van der Waals surface area contributed by atoms with Crippen molar-refractivity contribution in [1.82, 2.24) is 0 Å². The summed E-state index contributed by atoms with van der Waals surface area (Å²) in [6.07, 6.45) is 12.1. The highest BCUT2D eigenvalue weighted by molar-refractivity contribution is 14.1. The standard InChI is InChI=1S/C21H28F3I/c1-2-3-13-4-6-14(7-5-13)15-8-10-16(11-9-15)17-12-18(25)20(23)21(24)19(17)22/h12-16H,2-11H2,1H3/t13-,14-,15-,16-. The first-order valence-electron chi connectivity index (χ1n) is 9.84. The summed E-state index contributed by atoms with van der Waals surface area (Å²) in [6, 6.07) is 1.51. The molecule has 4 heteroatoms. The minimum Gasteiger partial charge on any atom is -0.203 e. The molecule has 3 rings (SSSR count). The number of benzene rings is 1. The Morgan fingerprint density at radius 2 is 1.40 bits per heavy atom. The monoisotopic (exact) mass is 464 g/mol. The van der Waals surface area contributed by atoms with Gasteiger partial charge in [-0.1, -0.05) is 32.6 Å². The Morgan fingerprint density at radius 3 is 1.96 bits per heavy atom. The number of rotatable bonds is 4. The molecule has 0 nitrogen and oxygen atoms in total. The second-order valence-corrected chi connectivity index (χ2v) is 9.23. The van der Waals surface area contributed by atoms with E-state index in [0.29, 0.717) is 5.56 Å². The van der Waals surface area contributed by atoms with E-state index < -0.39 is 17.5 Å². The molecule has 2 aliphatic rings. The van der Waals surface area contributed by atoms with Crippen LogP contribution in [0.4, 0.5) is 13.2 Å². The van der Waals surface area contributed by atoms with Crippen LogP contribution in [0.5, 0.6) is 0 Å². The van der Waals surface area contributed by atoms with Gasteiger partial charge in [0.1, 0.15) is 0 Å². The molecule has 0 heterocycles. The number of hydrogen-bond donors (Lipinski definition) is 0. The van der Waals surface area contributed by atoms with Gasteiger partial charge in [-0.25, -0.2) is 13.2 Å². The third kappa shape index (κ3) is 4.36. The van der Waals surface area contributed by atoms with E-state index >= 15 is 0 Å². The maximum absolute atomic E-state index is 14.2. The lowest BCUT2D eigenvalue weighted by atomic mass is 9.68. The van der Waals surface area contributed by atoms with Crippen molar-refractivity contribution in [3.63, 3.8) is 0 Å². The van der Waals surface area contributed by atoms with Gasteiger partial charge in [-0.05, 0) is 96.4 Å². The topological polar surface area (TPSA) is 0 Å². The Bertz CT molecular complexity index is 585. The number of halogens is 4. The molecule has 0 N–H and O–H groups in total. The van der Waals surface area contributed by atoms with Gasteiger partial charge in [0.2, 0.25) is 0 Å². The molecule has 0 amide bonds. The Labute approximate surface area is 163 Å². The SMILES string of the molecule is CCC[C@H]1CC[C@H]([C@H]2CC[C@H](c3cc(I)c(F)c(F)c3F)CC2)CC1. The van der Waals surface area contributed by atoms with E-state index in [4.69, 9.17) is 0 Å². The largest absolute Gasteiger partial charge is 0.203 e. The van der Waals surface area contributed by atoms with Crippen LogP contribution in [-0.4, -0.2) is 0 Å². The lowest BCUT2D eigenvalue weighted by Gasteiger charge is -2.38. The van der Waals surface area contributed by atoms with Crippen molar-refractivity contribution in [2.24, 2.45) is 17.8 Å². The van der Waals surface area contributed by atoms with E-state index in [9.17, 15) is 13.2 Å². The molecule has 0 radical (unpaired) electrons. The van der Waals surface area contributed by atoms with Crippen molar-refractivity contribution in [3.05, 3.63) is 32.7 Å². The Morgan fingerprint density at radius 1 is 0.840 bits per heavy atom. The van der Waals surface area contributed by atoms with Gasteiger partial charge in [0.05, 0.1) is 3.57 Å². The van der Waals surface area contributed by atoms with E-state index in [1.807, 2.05) is 0 Å². The molecule has 0 spiro atoms. The first-order valence-corrected chi connectivity index (χ1v) is 10.9. The summed E-state index contributed by atoms with van der Waals surface area (Å²) < 4.78 is 41.6. The minimum atomic E-state index is -1.31. The van der Waals surface area contributed by atoms with Crippen molar-refractivity contribution in [2.45, 2.75) is 77.0 Å². The van der Waals surface area contributed by atoms with Crippen LogP contribution >= 0.6 is 22.6 Å². The van der Waals surface area contributed by atoms with Crippen molar-refractivity contribution < 1.29 is 13.2 Å².